The number of allylic oxidation sites excluding steroid dienone is 4. The van der Waals surface area contributed by atoms with Gasteiger partial charge in [0.15, 0.2) is 17.3 Å². The van der Waals surface area contributed by atoms with Crippen LogP contribution in [0.2, 0.25) is 0 Å². The molecule has 10 heteroatoms. The maximum atomic E-state index is 13.6. The highest BCUT2D eigenvalue weighted by Gasteiger charge is 2.50. The molecule has 0 spiro atoms. The van der Waals surface area contributed by atoms with E-state index in [-0.39, 0.29) is 28.9 Å². The van der Waals surface area contributed by atoms with E-state index in [9.17, 15) is 28.7 Å². The Morgan fingerprint density at radius 2 is 1.66 bits per heavy atom. The van der Waals surface area contributed by atoms with Gasteiger partial charge < -0.3 is 19.8 Å². The normalized spacial score (nSPS) is 21.1. The smallest absolute Gasteiger partial charge is 0.356 e. The van der Waals surface area contributed by atoms with Crippen LogP contribution in [0, 0.1) is 5.92 Å². The Hall–Kier alpha value is -3.65. The molecule has 232 valence electrons. The number of carbonyl (C=O) groups excluding carboxylic acids is 2. The Morgan fingerprint density at radius 1 is 0.977 bits per heavy atom. The van der Waals surface area contributed by atoms with E-state index in [0.717, 1.165) is 46.8 Å². The number of nitrogens with zero attached hydrogens (tertiary/aromatic N) is 2. The SMILES string of the molecule is CCN1/C(=C/C2C(=O)C(=CC3=[N+](CCCCCC(=O)O)c4ccccc4C3(C)C)C2=O)C(C)(C)c2cc(P(=O)(O)O)ccc21. The second kappa shape index (κ2) is 11.4. The van der Waals surface area contributed by atoms with E-state index in [0.29, 0.717) is 19.5 Å². The number of carboxylic acid groups (broad SMARTS) is 1. The van der Waals surface area contributed by atoms with Crippen LogP contribution in [0.15, 0.2) is 65.9 Å². The molecule has 2 aromatic rings. The summed E-state index contributed by atoms with van der Waals surface area (Å²) in [6.07, 6.45) is 5.72. The van der Waals surface area contributed by atoms with Crippen LogP contribution in [0.3, 0.4) is 0 Å². The van der Waals surface area contributed by atoms with E-state index in [1.54, 1.807) is 18.2 Å². The fourth-order valence-corrected chi connectivity index (χ4v) is 7.40. The summed E-state index contributed by atoms with van der Waals surface area (Å²) in [6.45, 7) is 11.2. The van der Waals surface area contributed by atoms with Crippen molar-refractivity contribution in [3.05, 3.63) is 77.0 Å². The van der Waals surface area contributed by atoms with Gasteiger partial charge in [-0.15, -0.1) is 0 Å². The van der Waals surface area contributed by atoms with Crippen LogP contribution in [0.25, 0.3) is 0 Å². The van der Waals surface area contributed by atoms with Crippen molar-refractivity contribution in [2.24, 2.45) is 5.92 Å². The second-order valence-electron chi connectivity index (χ2n) is 12.8. The van der Waals surface area contributed by atoms with Crippen LogP contribution >= 0.6 is 7.60 Å². The number of fused-ring (bicyclic) bond motifs is 2. The highest BCUT2D eigenvalue weighted by Crippen LogP contribution is 2.50. The number of benzene rings is 2. The quantitative estimate of drug-likeness (QED) is 0.0853. The summed E-state index contributed by atoms with van der Waals surface area (Å²) in [5.41, 5.74) is 4.34. The van der Waals surface area contributed by atoms with Gasteiger partial charge in [0.25, 0.3) is 0 Å². The van der Waals surface area contributed by atoms with Gasteiger partial charge >= 0.3 is 13.6 Å². The number of carbonyl (C=O) groups is 3. The summed E-state index contributed by atoms with van der Waals surface area (Å²) in [5, 5.41) is 8.92. The van der Waals surface area contributed by atoms with Crippen molar-refractivity contribution in [2.75, 3.05) is 18.0 Å². The Balaban J connectivity index is 1.46. The topological polar surface area (TPSA) is 135 Å². The zero-order valence-electron chi connectivity index (χ0n) is 25.8. The molecular weight excluding hydrogens is 579 g/mol. The lowest BCUT2D eigenvalue weighted by Crippen LogP contribution is -2.42. The average Bonchev–Trinajstić information content (AvgIpc) is 3.31. The molecule has 1 saturated carbocycles. The summed E-state index contributed by atoms with van der Waals surface area (Å²) in [6, 6.07) is 12.7. The minimum Gasteiger partial charge on any atom is -0.481 e. The molecule has 3 N–H and O–H groups in total. The third kappa shape index (κ3) is 5.31. The second-order valence-corrected chi connectivity index (χ2v) is 14.4. The van der Waals surface area contributed by atoms with Crippen LogP contribution in [-0.2, 0) is 29.8 Å². The Morgan fingerprint density at radius 3 is 2.30 bits per heavy atom. The van der Waals surface area contributed by atoms with Gasteiger partial charge in [0.2, 0.25) is 5.69 Å². The predicted octanol–water partition coefficient (Wildman–Crippen LogP) is 4.91. The minimum atomic E-state index is -4.46. The van der Waals surface area contributed by atoms with E-state index in [2.05, 4.69) is 24.5 Å². The zero-order chi connectivity index (χ0) is 32.2. The molecule has 0 unspecified atom stereocenters. The monoisotopic (exact) mass is 619 g/mol. The lowest BCUT2D eigenvalue weighted by atomic mass is 9.72. The number of hydrogen-bond donors (Lipinski definition) is 3. The Kier molecular flexibility index (Phi) is 8.21. The third-order valence-corrected chi connectivity index (χ3v) is 10.3. The molecule has 2 aliphatic heterocycles. The standard InChI is InChI=1S/C34H39N2O7P/c1-6-35-27-16-15-21(44(41,42)43)18-25(27)34(4,5)28(35)19-22-31(39)23(32(22)40)20-29-33(2,3)24-12-9-10-13-26(24)36(29)17-11-7-8-14-30(37)38/h9-10,12-13,15-16,18-20,22H,6-8,11,14,17H2,1-5H3,(H2-,37,38,41,42,43)/p+1/b23-20?,28-19+. The van der Waals surface area contributed by atoms with Gasteiger partial charge in [0.1, 0.15) is 12.5 Å². The molecule has 9 nitrogen and oxygen atoms in total. The first kappa shape index (κ1) is 31.8. The third-order valence-electron chi connectivity index (χ3n) is 9.30. The molecule has 0 aromatic heterocycles. The molecule has 0 saturated heterocycles. The lowest BCUT2D eigenvalue weighted by molar-refractivity contribution is -0.438. The summed E-state index contributed by atoms with van der Waals surface area (Å²) in [4.78, 5) is 59.7. The number of Topliss-reactive ketones (excluding diaryl/α,β-unsaturated/α-hetero) is 2. The summed E-state index contributed by atoms with van der Waals surface area (Å²) in [5.74, 6) is -2.24. The van der Waals surface area contributed by atoms with E-state index >= 15 is 0 Å². The Bertz CT molecular complexity index is 1690. The largest absolute Gasteiger partial charge is 0.481 e. The molecule has 0 radical (unpaired) electrons. The van der Waals surface area contributed by atoms with Crippen molar-refractivity contribution in [2.45, 2.75) is 71.1 Å². The van der Waals surface area contributed by atoms with Crippen molar-refractivity contribution < 1.29 is 38.4 Å². The summed E-state index contributed by atoms with van der Waals surface area (Å²) < 4.78 is 14.1. The van der Waals surface area contributed by atoms with Crippen LogP contribution in [-0.4, -0.2) is 55.8 Å². The van der Waals surface area contributed by atoms with Gasteiger partial charge in [-0.2, -0.15) is 4.58 Å². The number of unbranched alkanes of at least 4 members (excludes halogenated alkanes) is 2. The number of aliphatic carboxylic acids is 1. The highest BCUT2D eigenvalue weighted by atomic mass is 31.2. The highest BCUT2D eigenvalue weighted by molar-refractivity contribution is 7.60. The fraction of sp³-hybridized carbons (Fsp3) is 0.412. The van der Waals surface area contributed by atoms with Gasteiger partial charge in [-0.05, 0) is 63.5 Å². The number of likely N-dealkylation sites (N-methyl/N-ethyl adjacent to an activating group) is 1. The molecule has 0 bridgehead atoms. The Labute approximate surface area is 257 Å². The van der Waals surface area contributed by atoms with Crippen molar-refractivity contribution in [1.29, 1.82) is 0 Å². The van der Waals surface area contributed by atoms with E-state index in [1.165, 1.54) is 12.1 Å². The first-order chi connectivity index (χ1) is 20.6. The minimum absolute atomic E-state index is 0.0636. The number of para-hydroxylation sites is 1. The molecule has 1 fully saturated rings. The summed E-state index contributed by atoms with van der Waals surface area (Å²) in [7, 11) is -4.46. The summed E-state index contributed by atoms with van der Waals surface area (Å²) >= 11 is 0. The van der Waals surface area contributed by atoms with Crippen LogP contribution < -0.4 is 10.2 Å². The van der Waals surface area contributed by atoms with E-state index in [1.807, 2.05) is 43.9 Å². The molecule has 2 heterocycles. The van der Waals surface area contributed by atoms with Gasteiger partial charge in [0, 0.05) is 53.9 Å². The number of rotatable bonds is 10. The first-order valence-corrected chi connectivity index (χ1v) is 16.7. The molecule has 5 rings (SSSR count). The van der Waals surface area contributed by atoms with Crippen molar-refractivity contribution in [1.82, 2.24) is 0 Å². The average molecular weight is 620 g/mol. The van der Waals surface area contributed by atoms with Crippen molar-refractivity contribution in [3.63, 3.8) is 0 Å². The molecule has 1 aliphatic carbocycles. The van der Waals surface area contributed by atoms with E-state index < -0.39 is 30.3 Å². The van der Waals surface area contributed by atoms with Gasteiger partial charge in [-0.25, -0.2) is 0 Å². The maximum absolute atomic E-state index is 13.6. The van der Waals surface area contributed by atoms with Crippen LogP contribution in [0.1, 0.15) is 71.4 Å². The lowest BCUT2D eigenvalue weighted by Gasteiger charge is -2.30. The molecular formula is C34H40N2O7P+. The molecule has 0 amide bonds. The molecule has 2 aromatic carbocycles. The van der Waals surface area contributed by atoms with Crippen molar-refractivity contribution >= 4 is 47.5 Å². The molecule has 44 heavy (non-hydrogen) atoms. The maximum Gasteiger partial charge on any atom is 0.356 e. The van der Waals surface area contributed by atoms with Gasteiger partial charge in [0.05, 0.1) is 16.3 Å². The first-order valence-electron chi connectivity index (χ1n) is 15.1. The number of carboxylic acids is 1. The number of hydrogen-bond acceptors (Lipinski definition) is 5. The fourth-order valence-electron chi connectivity index (χ4n) is 6.84. The zero-order valence-corrected chi connectivity index (χ0v) is 26.7. The van der Waals surface area contributed by atoms with Gasteiger partial charge in [-0.1, -0.05) is 32.0 Å². The predicted molar refractivity (Wildman–Crippen MR) is 169 cm³/mol. The number of anilines is 1. The van der Waals surface area contributed by atoms with E-state index in [4.69, 9.17) is 5.11 Å². The number of ketones is 2. The van der Waals surface area contributed by atoms with Crippen LogP contribution in [0.4, 0.5) is 11.4 Å². The van der Waals surface area contributed by atoms with Gasteiger partial charge in [-0.3, -0.25) is 18.9 Å². The molecule has 0 atom stereocenters. The molecule has 3 aliphatic rings. The van der Waals surface area contributed by atoms with Crippen LogP contribution in [0.5, 0.6) is 0 Å². The van der Waals surface area contributed by atoms with Crippen molar-refractivity contribution in [3.8, 4) is 0 Å².